The van der Waals surface area contributed by atoms with Gasteiger partial charge in [0.05, 0.1) is 12.2 Å². The molecule has 0 saturated heterocycles. The Morgan fingerprint density at radius 2 is 0.778 bits per heavy atom. The minimum Gasteiger partial charge on any atom is -0.402 e. The van der Waals surface area contributed by atoms with Crippen molar-refractivity contribution in [2.24, 2.45) is 0 Å². The summed E-state index contributed by atoms with van der Waals surface area (Å²) in [5.74, 6) is 0. The van der Waals surface area contributed by atoms with Crippen LogP contribution in [0.15, 0.2) is 97.1 Å². The van der Waals surface area contributed by atoms with Gasteiger partial charge in [-0.05, 0) is 49.9 Å². The standard InChI is InChI=1S/C32H35BO3/c1-23-5-13-27(14-6-23)21-31(29-17-9-25(3)10-18-29)35-33(34)36-32(30-19-11-26(4)12-20-30)22-28-15-7-24(2)8-16-28/h5-20,31-32,34H,21-22H2,1-4H3. The predicted octanol–water partition coefficient (Wildman–Crippen LogP) is 7.20. The summed E-state index contributed by atoms with van der Waals surface area (Å²) in [5, 5.41) is 11.0. The SMILES string of the molecule is Cc1ccc(CC(OB(O)OC(Cc2ccc(C)cc2)c2ccc(C)cc2)c2ccc(C)cc2)cc1. The number of rotatable bonds is 10. The Kier molecular flexibility index (Phi) is 8.76. The van der Waals surface area contributed by atoms with Gasteiger partial charge in [0.2, 0.25) is 0 Å². The van der Waals surface area contributed by atoms with Gasteiger partial charge in [-0.15, -0.1) is 0 Å². The van der Waals surface area contributed by atoms with Crippen molar-refractivity contribution in [3.8, 4) is 0 Å². The molecule has 0 spiro atoms. The maximum Gasteiger partial charge on any atom is 0.637 e. The van der Waals surface area contributed by atoms with Gasteiger partial charge in [0.25, 0.3) is 0 Å². The van der Waals surface area contributed by atoms with E-state index in [0.29, 0.717) is 12.8 Å². The molecule has 0 amide bonds. The Hall–Kier alpha value is -3.18. The van der Waals surface area contributed by atoms with E-state index < -0.39 is 7.32 Å². The molecule has 0 aromatic heterocycles. The fourth-order valence-corrected chi connectivity index (χ4v) is 4.24. The Balaban J connectivity index is 1.54. The average Bonchev–Trinajstić information content (AvgIpc) is 2.87. The van der Waals surface area contributed by atoms with E-state index in [1.807, 2.05) is 0 Å². The average molecular weight is 478 g/mol. The molecule has 0 heterocycles. The molecule has 2 unspecified atom stereocenters. The second-order valence-corrected chi connectivity index (χ2v) is 9.76. The molecule has 4 rings (SSSR count). The van der Waals surface area contributed by atoms with Gasteiger partial charge in [-0.2, -0.15) is 0 Å². The minimum atomic E-state index is -1.38. The van der Waals surface area contributed by atoms with Crippen LogP contribution in [0.3, 0.4) is 0 Å². The van der Waals surface area contributed by atoms with Crippen molar-refractivity contribution in [2.75, 3.05) is 0 Å². The summed E-state index contributed by atoms with van der Waals surface area (Å²) in [5.41, 5.74) is 9.10. The van der Waals surface area contributed by atoms with E-state index in [0.717, 1.165) is 22.3 Å². The van der Waals surface area contributed by atoms with Gasteiger partial charge in [-0.3, -0.25) is 0 Å². The monoisotopic (exact) mass is 478 g/mol. The lowest BCUT2D eigenvalue weighted by molar-refractivity contribution is 0.0530. The third-order valence-corrected chi connectivity index (χ3v) is 6.54. The van der Waals surface area contributed by atoms with Crippen LogP contribution < -0.4 is 0 Å². The van der Waals surface area contributed by atoms with Crippen LogP contribution in [0.1, 0.15) is 56.7 Å². The van der Waals surface area contributed by atoms with Crippen molar-refractivity contribution in [2.45, 2.75) is 52.7 Å². The zero-order valence-electron chi connectivity index (χ0n) is 21.6. The molecule has 184 valence electrons. The highest BCUT2D eigenvalue weighted by Gasteiger charge is 2.28. The summed E-state index contributed by atoms with van der Waals surface area (Å²) >= 11 is 0. The first-order valence-electron chi connectivity index (χ1n) is 12.6. The Labute approximate surface area is 215 Å². The summed E-state index contributed by atoms with van der Waals surface area (Å²) in [4.78, 5) is 0. The molecule has 3 nitrogen and oxygen atoms in total. The highest BCUT2D eigenvalue weighted by molar-refractivity contribution is 6.34. The molecule has 36 heavy (non-hydrogen) atoms. The van der Waals surface area contributed by atoms with Gasteiger partial charge in [0.1, 0.15) is 0 Å². The molecule has 0 aliphatic carbocycles. The predicted molar refractivity (Wildman–Crippen MR) is 148 cm³/mol. The molecule has 0 bridgehead atoms. The zero-order chi connectivity index (χ0) is 25.5. The Bertz CT molecular complexity index is 1120. The lowest BCUT2D eigenvalue weighted by Crippen LogP contribution is -2.29. The van der Waals surface area contributed by atoms with Crippen LogP contribution in [0.4, 0.5) is 0 Å². The molecule has 4 aromatic rings. The summed E-state index contributed by atoms with van der Waals surface area (Å²) in [7, 11) is -1.38. The first kappa shape index (κ1) is 25.9. The molecule has 0 aliphatic rings. The van der Waals surface area contributed by atoms with Crippen LogP contribution in [0.25, 0.3) is 0 Å². The van der Waals surface area contributed by atoms with Gasteiger partial charge < -0.3 is 14.3 Å². The van der Waals surface area contributed by atoms with Crippen molar-refractivity contribution in [3.63, 3.8) is 0 Å². The number of benzene rings is 4. The lowest BCUT2D eigenvalue weighted by Gasteiger charge is -2.25. The van der Waals surface area contributed by atoms with E-state index in [-0.39, 0.29) is 12.2 Å². The fraction of sp³-hybridized carbons (Fsp3) is 0.250. The van der Waals surface area contributed by atoms with Gasteiger partial charge in [0, 0.05) is 12.8 Å². The molecule has 1 N–H and O–H groups in total. The molecule has 0 radical (unpaired) electrons. The van der Waals surface area contributed by atoms with E-state index in [1.165, 1.54) is 22.3 Å². The molecular formula is C32H35BO3. The van der Waals surface area contributed by atoms with E-state index in [9.17, 15) is 5.02 Å². The third-order valence-electron chi connectivity index (χ3n) is 6.54. The van der Waals surface area contributed by atoms with E-state index in [4.69, 9.17) is 9.31 Å². The van der Waals surface area contributed by atoms with Crippen molar-refractivity contribution in [3.05, 3.63) is 142 Å². The van der Waals surface area contributed by atoms with Crippen LogP contribution in [-0.4, -0.2) is 12.3 Å². The van der Waals surface area contributed by atoms with E-state index in [1.54, 1.807) is 0 Å². The summed E-state index contributed by atoms with van der Waals surface area (Å²) in [6, 6.07) is 33.4. The Morgan fingerprint density at radius 1 is 0.500 bits per heavy atom. The topological polar surface area (TPSA) is 38.7 Å². The molecule has 4 aromatic carbocycles. The van der Waals surface area contributed by atoms with Crippen LogP contribution in [0, 0.1) is 27.7 Å². The van der Waals surface area contributed by atoms with Crippen LogP contribution in [0.2, 0.25) is 0 Å². The fourth-order valence-electron chi connectivity index (χ4n) is 4.24. The quantitative estimate of drug-likeness (QED) is 0.245. The summed E-state index contributed by atoms with van der Waals surface area (Å²) in [6.07, 6.45) is 0.580. The van der Waals surface area contributed by atoms with Crippen LogP contribution in [-0.2, 0) is 22.2 Å². The van der Waals surface area contributed by atoms with Crippen LogP contribution in [0.5, 0.6) is 0 Å². The second kappa shape index (κ2) is 12.2. The summed E-state index contributed by atoms with van der Waals surface area (Å²) < 4.78 is 12.4. The molecule has 0 saturated carbocycles. The minimum absolute atomic E-state index is 0.346. The zero-order valence-corrected chi connectivity index (χ0v) is 21.6. The molecule has 2 atom stereocenters. The van der Waals surface area contributed by atoms with Crippen molar-refractivity contribution in [1.29, 1.82) is 0 Å². The number of hydrogen-bond donors (Lipinski definition) is 1. The maximum absolute atomic E-state index is 11.0. The van der Waals surface area contributed by atoms with E-state index in [2.05, 4.69) is 125 Å². The summed E-state index contributed by atoms with van der Waals surface area (Å²) in [6.45, 7) is 8.28. The maximum atomic E-state index is 11.0. The smallest absolute Gasteiger partial charge is 0.402 e. The van der Waals surface area contributed by atoms with E-state index >= 15 is 0 Å². The first-order chi connectivity index (χ1) is 17.4. The number of aryl methyl sites for hydroxylation is 4. The number of hydrogen-bond acceptors (Lipinski definition) is 3. The van der Waals surface area contributed by atoms with Gasteiger partial charge in [0.15, 0.2) is 0 Å². The highest BCUT2D eigenvalue weighted by Crippen LogP contribution is 2.28. The highest BCUT2D eigenvalue weighted by atomic mass is 16.7. The Morgan fingerprint density at radius 3 is 1.08 bits per heavy atom. The molecule has 0 fully saturated rings. The third kappa shape index (κ3) is 7.41. The van der Waals surface area contributed by atoms with Crippen LogP contribution >= 0.6 is 0 Å². The van der Waals surface area contributed by atoms with Crippen molar-refractivity contribution < 1.29 is 14.3 Å². The van der Waals surface area contributed by atoms with Gasteiger partial charge >= 0.3 is 7.32 Å². The second-order valence-electron chi connectivity index (χ2n) is 9.76. The van der Waals surface area contributed by atoms with Gasteiger partial charge in [-0.25, -0.2) is 0 Å². The molecular weight excluding hydrogens is 443 g/mol. The molecule has 4 heteroatoms. The largest absolute Gasteiger partial charge is 0.637 e. The molecule has 0 aliphatic heterocycles. The first-order valence-corrected chi connectivity index (χ1v) is 12.6. The van der Waals surface area contributed by atoms with Crippen molar-refractivity contribution >= 4 is 7.32 Å². The van der Waals surface area contributed by atoms with Gasteiger partial charge in [-0.1, -0.05) is 119 Å². The van der Waals surface area contributed by atoms with Crippen molar-refractivity contribution in [1.82, 2.24) is 0 Å². The lowest BCUT2D eigenvalue weighted by atomic mass is 9.97. The normalized spacial score (nSPS) is 12.8.